The van der Waals surface area contributed by atoms with Crippen molar-refractivity contribution in [3.8, 4) is 5.75 Å². The van der Waals surface area contributed by atoms with Gasteiger partial charge in [-0.1, -0.05) is 0 Å². The minimum absolute atomic E-state index is 0.298. The molecule has 1 heterocycles. The monoisotopic (exact) mass is 421 g/mol. The predicted molar refractivity (Wildman–Crippen MR) is 87.3 cm³/mol. The summed E-state index contributed by atoms with van der Waals surface area (Å²) >= 11 is 0. The number of esters is 1. The fourth-order valence-electron chi connectivity index (χ4n) is 2.11. The summed E-state index contributed by atoms with van der Waals surface area (Å²) in [5, 5.41) is 2.12. The molecule has 1 amide bonds. The molecule has 0 aliphatic rings. The van der Waals surface area contributed by atoms with Gasteiger partial charge in [0.25, 0.3) is 0 Å². The van der Waals surface area contributed by atoms with Crippen LogP contribution >= 0.6 is 0 Å². The summed E-state index contributed by atoms with van der Waals surface area (Å²) in [6.45, 7) is 4.64. The second-order valence-electron chi connectivity index (χ2n) is 6.80. The van der Waals surface area contributed by atoms with Crippen molar-refractivity contribution < 1.29 is 41.0 Å². The van der Waals surface area contributed by atoms with Crippen LogP contribution in [0.25, 0.3) is 0 Å². The summed E-state index contributed by atoms with van der Waals surface area (Å²) in [6.07, 6.45) is 1.18. The van der Waals surface area contributed by atoms with Crippen LogP contribution in [0, 0.1) is 29.1 Å². The average molecular weight is 421 g/mol. The highest BCUT2D eigenvalue weighted by Crippen LogP contribution is 2.29. The van der Waals surface area contributed by atoms with E-state index in [0.29, 0.717) is 5.69 Å². The normalized spacial score (nSPS) is 12.4. The number of halogens is 5. The summed E-state index contributed by atoms with van der Waals surface area (Å²) < 4.78 is 76.6. The Labute approximate surface area is 161 Å². The summed E-state index contributed by atoms with van der Waals surface area (Å²) in [5.41, 5.74) is -0.631. The Morgan fingerprint density at radius 1 is 1.07 bits per heavy atom. The van der Waals surface area contributed by atoms with Crippen molar-refractivity contribution in [1.29, 1.82) is 0 Å². The van der Waals surface area contributed by atoms with E-state index in [2.05, 4.69) is 20.0 Å². The third-order valence-corrected chi connectivity index (χ3v) is 3.33. The minimum atomic E-state index is -2.40. The van der Waals surface area contributed by atoms with Crippen molar-refractivity contribution in [2.75, 3.05) is 0 Å². The summed E-state index contributed by atoms with van der Waals surface area (Å²) in [5.74, 6) is -14.9. The fourth-order valence-corrected chi connectivity index (χ4v) is 2.11. The Balaban J connectivity index is 2.29. The second-order valence-corrected chi connectivity index (χ2v) is 6.80. The molecule has 12 heteroatoms. The maximum atomic E-state index is 13.8. The molecule has 0 saturated carbocycles. The van der Waals surface area contributed by atoms with Crippen LogP contribution in [0.2, 0.25) is 0 Å². The van der Waals surface area contributed by atoms with Gasteiger partial charge in [-0.2, -0.15) is 8.78 Å². The van der Waals surface area contributed by atoms with Crippen molar-refractivity contribution in [3.63, 3.8) is 0 Å². The van der Waals surface area contributed by atoms with E-state index in [4.69, 9.17) is 4.74 Å². The molecule has 29 heavy (non-hydrogen) atoms. The Bertz CT molecular complexity index is 884. The molecule has 2 N–H and O–H groups in total. The quantitative estimate of drug-likeness (QED) is 0.254. The SMILES string of the molecule is CC(C)(C)OC(=O)NC(Cc1cnc[nH]1)C(=O)Oc1c(F)c(F)c(F)c(F)c1F. The fraction of sp³-hybridized carbons (Fsp3) is 0.353. The zero-order valence-corrected chi connectivity index (χ0v) is 15.4. The van der Waals surface area contributed by atoms with E-state index >= 15 is 0 Å². The van der Waals surface area contributed by atoms with Gasteiger partial charge >= 0.3 is 12.1 Å². The number of nitrogens with zero attached hydrogens (tertiary/aromatic N) is 1. The first-order valence-electron chi connectivity index (χ1n) is 8.10. The number of H-pyrrole nitrogens is 1. The summed E-state index contributed by atoms with van der Waals surface area (Å²) in [4.78, 5) is 30.6. The summed E-state index contributed by atoms with van der Waals surface area (Å²) in [7, 11) is 0. The molecule has 0 radical (unpaired) electrons. The number of hydrogen-bond donors (Lipinski definition) is 2. The first-order valence-corrected chi connectivity index (χ1v) is 8.10. The smallest absolute Gasteiger partial charge is 0.408 e. The van der Waals surface area contributed by atoms with Crippen LogP contribution in [0.4, 0.5) is 26.7 Å². The molecule has 1 aromatic heterocycles. The van der Waals surface area contributed by atoms with Gasteiger partial charge in [-0.3, -0.25) is 0 Å². The summed E-state index contributed by atoms with van der Waals surface area (Å²) in [6, 6.07) is -1.60. The van der Waals surface area contributed by atoms with Crippen molar-refractivity contribution in [1.82, 2.24) is 15.3 Å². The van der Waals surface area contributed by atoms with Gasteiger partial charge in [0, 0.05) is 18.3 Å². The number of carbonyl (C=O) groups excluding carboxylic acids is 2. The van der Waals surface area contributed by atoms with Crippen molar-refractivity contribution in [2.24, 2.45) is 0 Å². The van der Waals surface area contributed by atoms with Crippen molar-refractivity contribution in [2.45, 2.75) is 38.8 Å². The highest BCUT2D eigenvalue weighted by atomic mass is 19.2. The van der Waals surface area contributed by atoms with E-state index in [1.54, 1.807) is 20.8 Å². The molecule has 0 aliphatic heterocycles. The Hall–Kier alpha value is -3.18. The number of nitrogens with one attached hydrogen (secondary N) is 2. The average Bonchev–Trinajstić information content (AvgIpc) is 3.12. The lowest BCUT2D eigenvalue weighted by Gasteiger charge is -2.22. The van der Waals surface area contributed by atoms with Gasteiger partial charge in [0.15, 0.2) is 0 Å². The van der Waals surface area contributed by atoms with Crippen LogP contribution in [-0.2, 0) is 16.0 Å². The molecule has 2 aromatic rings. The first kappa shape index (κ1) is 22.1. The first-order chi connectivity index (χ1) is 13.4. The highest BCUT2D eigenvalue weighted by molar-refractivity contribution is 5.83. The van der Waals surface area contributed by atoms with Gasteiger partial charge in [-0.15, -0.1) is 0 Å². The van der Waals surface area contributed by atoms with Crippen LogP contribution in [0.15, 0.2) is 12.5 Å². The van der Waals surface area contributed by atoms with E-state index < -0.39 is 58.5 Å². The zero-order chi connectivity index (χ0) is 21.9. The number of hydrogen-bond acceptors (Lipinski definition) is 5. The molecule has 0 spiro atoms. The predicted octanol–water partition coefficient (Wildman–Crippen LogP) is 3.15. The Morgan fingerprint density at radius 2 is 1.62 bits per heavy atom. The topological polar surface area (TPSA) is 93.3 Å². The van der Waals surface area contributed by atoms with Gasteiger partial charge in [0.2, 0.25) is 34.8 Å². The number of alkyl carbamates (subject to hydrolysis) is 1. The van der Waals surface area contributed by atoms with Crippen LogP contribution in [0.1, 0.15) is 26.5 Å². The maximum absolute atomic E-state index is 13.8. The van der Waals surface area contributed by atoms with Crippen LogP contribution < -0.4 is 10.1 Å². The number of rotatable bonds is 5. The molecule has 1 atom stereocenters. The lowest BCUT2D eigenvalue weighted by Crippen LogP contribution is -2.46. The number of carbonyl (C=O) groups is 2. The largest absolute Gasteiger partial charge is 0.444 e. The Morgan fingerprint density at radius 3 is 2.10 bits per heavy atom. The zero-order valence-electron chi connectivity index (χ0n) is 15.4. The molecule has 0 aliphatic carbocycles. The Kier molecular flexibility index (Phi) is 6.44. The molecular weight excluding hydrogens is 405 g/mol. The lowest BCUT2D eigenvalue weighted by molar-refractivity contribution is -0.137. The minimum Gasteiger partial charge on any atom is -0.444 e. The van der Waals surface area contributed by atoms with E-state index in [1.807, 2.05) is 0 Å². The number of benzene rings is 1. The molecular formula is C17H16F5N3O4. The van der Waals surface area contributed by atoms with Crippen LogP contribution in [-0.4, -0.2) is 33.7 Å². The number of ether oxygens (including phenoxy) is 2. The lowest BCUT2D eigenvalue weighted by atomic mass is 10.1. The number of aromatic amines is 1. The van der Waals surface area contributed by atoms with Crippen LogP contribution in [0.5, 0.6) is 5.75 Å². The van der Waals surface area contributed by atoms with Gasteiger partial charge < -0.3 is 19.8 Å². The molecule has 0 saturated heterocycles. The van der Waals surface area contributed by atoms with Gasteiger partial charge in [-0.25, -0.2) is 27.7 Å². The molecule has 2 rings (SSSR count). The van der Waals surface area contributed by atoms with Gasteiger partial charge in [0.1, 0.15) is 11.6 Å². The highest BCUT2D eigenvalue weighted by Gasteiger charge is 2.32. The van der Waals surface area contributed by atoms with E-state index in [1.165, 1.54) is 12.5 Å². The molecule has 158 valence electrons. The third-order valence-electron chi connectivity index (χ3n) is 3.33. The van der Waals surface area contributed by atoms with E-state index in [0.717, 1.165) is 0 Å². The standard InChI is InChI=1S/C17H16F5N3O4/c1-17(2,3)29-16(27)25-8(4-7-5-23-6-24-7)15(26)28-14-12(21)10(19)9(18)11(20)13(14)22/h5-6,8H,4H2,1-3H3,(H,23,24)(H,25,27). The van der Waals surface area contributed by atoms with Crippen molar-refractivity contribution >= 4 is 12.1 Å². The van der Waals surface area contributed by atoms with Crippen LogP contribution in [0.3, 0.4) is 0 Å². The number of aromatic nitrogens is 2. The van der Waals surface area contributed by atoms with Gasteiger partial charge in [-0.05, 0) is 20.8 Å². The van der Waals surface area contributed by atoms with E-state index in [-0.39, 0.29) is 6.42 Å². The third kappa shape index (κ3) is 5.42. The second kappa shape index (κ2) is 8.45. The maximum Gasteiger partial charge on any atom is 0.408 e. The molecule has 0 bridgehead atoms. The molecule has 7 nitrogen and oxygen atoms in total. The molecule has 1 aromatic carbocycles. The molecule has 0 fully saturated rings. The van der Waals surface area contributed by atoms with Gasteiger partial charge in [0.05, 0.1) is 6.33 Å². The number of imidazole rings is 1. The molecule has 1 unspecified atom stereocenters. The van der Waals surface area contributed by atoms with Crippen molar-refractivity contribution in [3.05, 3.63) is 47.3 Å². The van der Waals surface area contributed by atoms with E-state index in [9.17, 15) is 31.5 Å². The number of amides is 1.